The van der Waals surface area contributed by atoms with Gasteiger partial charge in [0, 0.05) is 19.5 Å². The average Bonchev–Trinajstić information content (AvgIpc) is 2.53. The molecule has 1 heterocycles. The molecule has 1 rings (SSSR count). The zero-order valence-corrected chi connectivity index (χ0v) is 8.93. The first-order chi connectivity index (χ1) is 6.18. The lowest BCUT2D eigenvalue weighted by Crippen LogP contribution is -2.20. The SMILES string of the molecule is CC(=O)CCN(C)Cc1ccsc1. The molecule has 0 aliphatic heterocycles. The quantitative estimate of drug-likeness (QED) is 0.721. The predicted molar refractivity (Wildman–Crippen MR) is 56.0 cm³/mol. The fourth-order valence-electron chi connectivity index (χ4n) is 1.12. The summed E-state index contributed by atoms with van der Waals surface area (Å²) in [6.45, 7) is 3.43. The van der Waals surface area contributed by atoms with Crippen LogP contribution in [0.4, 0.5) is 0 Å². The van der Waals surface area contributed by atoms with Gasteiger partial charge in [-0.3, -0.25) is 4.79 Å². The molecule has 2 nitrogen and oxygen atoms in total. The molecule has 0 atom stereocenters. The minimum atomic E-state index is 0.261. The third kappa shape index (κ3) is 4.20. The van der Waals surface area contributed by atoms with Gasteiger partial charge in [0.2, 0.25) is 0 Å². The van der Waals surface area contributed by atoms with Crippen molar-refractivity contribution in [3.05, 3.63) is 22.4 Å². The Labute approximate surface area is 83.2 Å². The summed E-state index contributed by atoms with van der Waals surface area (Å²) in [5.74, 6) is 0.261. The second-order valence-electron chi connectivity index (χ2n) is 3.32. The van der Waals surface area contributed by atoms with Crippen LogP contribution in [0.3, 0.4) is 0 Å². The molecule has 0 saturated carbocycles. The van der Waals surface area contributed by atoms with Gasteiger partial charge in [0.1, 0.15) is 5.78 Å². The van der Waals surface area contributed by atoms with Crippen LogP contribution in [-0.2, 0) is 11.3 Å². The summed E-state index contributed by atoms with van der Waals surface area (Å²) in [5.41, 5.74) is 1.33. The molecule has 0 aliphatic carbocycles. The van der Waals surface area contributed by atoms with Crippen molar-refractivity contribution in [1.82, 2.24) is 4.90 Å². The van der Waals surface area contributed by atoms with Gasteiger partial charge in [-0.1, -0.05) is 0 Å². The molecule has 1 aromatic heterocycles. The van der Waals surface area contributed by atoms with Crippen molar-refractivity contribution in [2.75, 3.05) is 13.6 Å². The Hall–Kier alpha value is -0.670. The molecule has 0 bridgehead atoms. The van der Waals surface area contributed by atoms with Gasteiger partial charge in [0.25, 0.3) is 0 Å². The maximum absolute atomic E-state index is 10.7. The lowest BCUT2D eigenvalue weighted by Gasteiger charge is -2.14. The fourth-order valence-corrected chi connectivity index (χ4v) is 1.78. The first-order valence-corrected chi connectivity index (χ1v) is 5.32. The molecule has 0 saturated heterocycles. The van der Waals surface area contributed by atoms with Crippen LogP contribution in [0, 0.1) is 0 Å². The lowest BCUT2D eigenvalue weighted by atomic mass is 10.2. The normalized spacial score (nSPS) is 10.7. The van der Waals surface area contributed by atoms with Crippen LogP contribution in [-0.4, -0.2) is 24.3 Å². The van der Waals surface area contributed by atoms with Gasteiger partial charge in [0.05, 0.1) is 0 Å². The number of carbonyl (C=O) groups excluding carboxylic acids is 1. The fraction of sp³-hybridized carbons (Fsp3) is 0.500. The molecule has 0 unspecified atom stereocenters. The number of ketones is 1. The van der Waals surface area contributed by atoms with E-state index in [0.29, 0.717) is 6.42 Å². The van der Waals surface area contributed by atoms with E-state index in [1.165, 1.54) is 5.56 Å². The third-order valence-corrected chi connectivity index (χ3v) is 2.61. The van der Waals surface area contributed by atoms with E-state index in [1.807, 2.05) is 7.05 Å². The van der Waals surface area contributed by atoms with Gasteiger partial charge in [-0.05, 0) is 36.4 Å². The Morgan fingerprint density at radius 2 is 2.38 bits per heavy atom. The van der Waals surface area contributed by atoms with Crippen LogP contribution < -0.4 is 0 Å². The smallest absolute Gasteiger partial charge is 0.131 e. The zero-order chi connectivity index (χ0) is 9.68. The maximum Gasteiger partial charge on any atom is 0.131 e. The highest BCUT2D eigenvalue weighted by Crippen LogP contribution is 2.08. The largest absolute Gasteiger partial charge is 0.302 e. The molecule has 0 spiro atoms. The first kappa shape index (κ1) is 10.4. The Morgan fingerprint density at radius 3 is 2.92 bits per heavy atom. The molecule has 0 amide bonds. The van der Waals surface area contributed by atoms with Crippen molar-refractivity contribution in [2.45, 2.75) is 19.9 Å². The van der Waals surface area contributed by atoms with Crippen LogP contribution in [0.25, 0.3) is 0 Å². The van der Waals surface area contributed by atoms with E-state index in [2.05, 4.69) is 21.7 Å². The summed E-state index contributed by atoms with van der Waals surface area (Å²) in [7, 11) is 2.04. The standard InChI is InChI=1S/C10H15NOS/c1-9(12)3-5-11(2)7-10-4-6-13-8-10/h4,6,8H,3,5,7H2,1-2H3. The van der Waals surface area contributed by atoms with E-state index in [4.69, 9.17) is 0 Å². The van der Waals surface area contributed by atoms with Gasteiger partial charge in [-0.25, -0.2) is 0 Å². The van der Waals surface area contributed by atoms with Crippen molar-refractivity contribution in [2.24, 2.45) is 0 Å². The van der Waals surface area contributed by atoms with E-state index >= 15 is 0 Å². The Kier molecular flexibility index (Phi) is 4.12. The van der Waals surface area contributed by atoms with Gasteiger partial charge >= 0.3 is 0 Å². The Bertz CT molecular complexity index is 256. The summed E-state index contributed by atoms with van der Waals surface area (Å²) in [5, 5.41) is 4.22. The maximum atomic E-state index is 10.7. The number of hydrogen-bond donors (Lipinski definition) is 0. The van der Waals surface area contributed by atoms with Gasteiger partial charge in [-0.2, -0.15) is 11.3 Å². The van der Waals surface area contributed by atoms with Crippen LogP contribution in [0.5, 0.6) is 0 Å². The monoisotopic (exact) mass is 197 g/mol. The highest BCUT2D eigenvalue weighted by atomic mass is 32.1. The predicted octanol–water partition coefficient (Wildman–Crippen LogP) is 2.16. The highest BCUT2D eigenvalue weighted by Gasteiger charge is 2.01. The summed E-state index contributed by atoms with van der Waals surface area (Å²) in [6, 6.07) is 2.12. The van der Waals surface area contributed by atoms with Crippen molar-refractivity contribution < 1.29 is 4.79 Å². The Morgan fingerprint density at radius 1 is 1.62 bits per heavy atom. The van der Waals surface area contributed by atoms with Crippen molar-refractivity contribution >= 4 is 17.1 Å². The van der Waals surface area contributed by atoms with Gasteiger partial charge in [-0.15, -0.1) is 0 Å². The van der Waals surface area contributed by atoms with E-state index in [9.17, 15) is 4.79 Å². The van der Waals surface area contributed by atoms with Crippen LogP contribution in [0.15, 0.2) is 16.8 Å². The second-order valence-corrected chi connectivity index (χ2v) is 4.10. The average molecular weight is 197 g/mol. The van der Waals surface area contributed by atoms with E-state index in [1.54, 1.807) is 18.3 Å². The molecule has 0 radical (unpaired) electrons. The molecule has 3 heteroatoms. The van der Waals surface area contributed by atoms with Crippen molar-refractivity contribution in [3.8, 4) is 0 Å². The third-order valence-electron chi connectivity index (χ3n) is 1.88. The number of carbonyl (C=O) groups is 1. The summed E-state index contributed by atoms with van der Waals surface area (Å²) < 4.78 is 0. The molecule has 0 fully saturated rings. The number of Topliss-reactive ketones (excluding diaryl/α,β-unsaturated/α-hetero) is 1. The summed E-state index contributed by atoms with van der Waals surface area (Å²) in [6.07, 6.45) is 0.653. The molecule has 0 aliphatic rings. The number of rotatable bonds is 5. The van der Waals surface area contributed by atoms with Crippen LogP contribution in [0.2, 0.25) is 0 Å². The number of thiophene rings is 1. The first-order valence-electron chi connectivity index (χ1n) is 4.37. The lowest BCUT2D eigenvalue weighted by molar-refractivity contribution is -0.117. The number of hydrogen-bond acceptors (Lipinski definition) is 3. The molecule has 72 valence electrons. The minimum Gasteiger partial charge on any atom is -0.302 e. The van der Waals surface area contributed by atoms with Gasteiger partial charge < -0.3 is 4.90 Å². The van der Waals surface area contributed by atoms with Crippen molar-refractivity contribution in [3.63, 3.8) is 0 Å². The zero-order valence-electron chi connectivity index (χ0n) is 8.12. The van der Waals surface area contributed by atoms with Gasteiger partial charge in [0.15, 0.2) is 0 Å². The van der Waals surface area contributed by atoms with E-state index < -0.39 is 0 Å². The van der Waals surface area contributed by atoms with E-state index in [0.717, 1.165) is 13.1 Å². The van der Waals surface area contributed by atoms with E-state index in [-0.39, 0.29) is 5.78 Å². The molecule has 0 N–H and O–H groups in total. The topological polar surface area (TPSA) is 20.3 Å². The summed E-state index contributed by atoms with van der Waals surface area (Å²) in [4.78, 5) is 12.9. The highest BCUT2D eigenvalue weighted by molar-refractivity contribution is 7.07. The number of nitrogens with zero attached hydrogens (tertiary/aromatic N) is 1. The van der Waals surface area contributed by atoms with Crippen LogP contribution >= 0.6 is 11.3 Å². The molecular weight excluding hydrogens is 182 g/mol. The summed E-state index contributed by atoms with van der Waals surface area (Å²) >= 11 is 1.71. The second kappa shape index (κ2) is 5.14. The minimum absolute atomic E-state index is 0.261. The van der Waals surface area contributed by atoms with Crippen LogP contribution in [0.1, 0.15) is 18.9 Å². The molecule has 13 heavy (non-hydrogen) atoms. The molecule has 1 aromatic rings. The van der Waals surface area contributed by atoms with Crippen molar-refractivity contribution in [1.29, 1.82) is 0 Å². The molecular formula is C10H15NOS. The molecule has 0 aromatic carbocycles. The Balaban J connectivity index is 2.25.